The highest BCUT2D eigenvalue weighted by Crippen LogP contribution is 2.32. The number of fused-ring (bicyclic) bond motifs is 1. The van der Waals surface area contributed by atoms with Gasteiger partial charge in [0, 0.05) is 18.7 Å². The predicted octanol–water partition coefficient (Wildman–Crippen LogP) is 3.32. The van der Waals surface area contributed by atoms with E-state index in [1.807, 2.05) is 49.4 Å². The lowest BCUT2D eigenvalue weighted by molar-refractivity contribution is -0.115. The molecule has 3 rings (SSSR count). The van der Waals surface area contributed by atoms with E-state index in [4.69, 9.17) is 9.47 Å². The Labute approximate surface area is 158 Å². The Morgan fingerprint density at radius 1 is 1.07 bits per heavy atom. The van der Waals surface area contributed by atoms with E-state index in [0.29, 0.717) is 18.7 Å². The first-order valence-corrected chi connectivity index (χ1v) is 8.88. The molecule has 3 amide bonds. The van der Waals surface area contributed by atoms with Crippen LogP contribution in [0.15, 0.2) is 42.5 Å². The van der Waals surface area contributed by atoms with Gasteiger partial charge in [0.05, 0.1) is 6.04 Å². The Bertz CT molecular complexity index is 820. The quantitative estimate of drug-likeness (QED) is 0.729. The molecule has 0 saturated carbocycles. The van der Waals surface area contributed by atoms with Gasteiger partial charge in [0.25, 0.3) is 0 Å². The van der Waals surface area contributed by atoms with Gasteiger partial charge in [-0.25, -0.2) is 4.79 Å². The summed E-state index contributed by atoms with van der Waals surface area (Å²) in [6.45, 7) is 4.32. The molecule has 142 valence electrons. The van der Waals surface area contributed by atoms with Gasteiger partial charge in [0.15, 0.2) is 11.5 Å². The molecule has 0 spiro atoms. The van der Waals surface area contributed by atoms with E-state index in [9.17, 15) is 9.59 Å². The normalized spacial score (nSPS) is 13.0. The number of hydrogen-bond acceptors (Lipinski definition) is 4. The highest BCUT2D eigenvalue weighted by atomic mass is 16.7. The van der Waals surface area contributed by atoms with Crippen LogP contribution in [0.25, 0.3) is 0 Å². The Hall–Kier alpha value is -3.22. The van der Waals surface area contributed by atoms with Gasteiger partial charge in [-0.15, -0.1) is 0 Å². The molecular formula is C20H23N3O4. The molecule has 2 aromatic rings. The topological polar surface area (TPSA) is 88.7 Å². The summed E-state index contributed by atoms with van der Waals surface area (Å²) in [7, 11) is 0. The molecule has 0 saturated heterocycles. The van der Waals surface area contributed by atoms with Crippen molar-refractivity contribution in [2.45, 2.75) is 32.9 Å². The van der Waals surface area contributed by atoms with E-state index in [1.54, 1.807) is 6.92 Å². The second kappa shape index (κ2) is 8.44. The van der Waals surface area contributed by atoms with Gasteiger partial charge in [0.2, 0.25) is 12.7 Å². The van der Waals surface area contributed by atoms with Crippen molar-refractivity contribution in [3.8, 4) is 11.5 Å². The summed E-state index contributed by atoms with van der Waals surface area (Å²) in [6.07, 6.45) is 0.434. The maximum absolute atomic E-state index is 12.1. The SMILES string of the molecule is CCC(=O)Nc1ccc([C@H](C)NC(=O)NCc2ccc3c(c2)OCO3)cc1. The summed E-state index contributed by atoms with van der Waals surface area (Å²) < 4.78 is 10.6. The fourth-order valence-electron chi connectivity index (χ4n) is 2.67. The van der Waals surface area contributed by atoms with Crippen LogP contribution in [0, 0.1) is 0 Å². The average Bonchev–Trinajstić information content (AvgIpc) is 3.14. The van der Waals surface area contributed by atoms with Crippen LogP contribution in [0.1, 0.15) is 37.4 Å². The lowest BCUT2D eigenvalue weighted by Crippen LogP contribution is -2.36. The Morgan fingerprint density at radius 3 is 2.56 bits per heavy atom. The smallest absolute Gasteiger partial charge is 0.315 e. The lowest BCUT2D eigenvalue weighted by Gasteiger charge is -2.16. The van der Waals surface area contributed by atoms with Crippen LogP contribution in [0.2, 0.25) is 0 Å². The van der Waals surface area contributed by atoms with Crippen molar-refractivity contribution in [3.05, 3.63) is 53.6 Å². The molecule has 1 aliphatic rings. The van der Waals surface area contributed by atoms with Gasteiger partial charge in [-0.3, -0.25) is 4.79 Å². The van der Waals surface area contributed by atoms with Crippen LogP contribution < -0.4 is 25.4 Å². The summed E-state index contributed by atoms with van der Waals surface area (Å²) in [4.78, 5) is 23.6. The van der Waals surface area contributed by atoms with E-state index < -0.39 is 0 Å². The molecule has 0 aromatic heterocycles. The van der Waals surface area contributed by atoms with Gasteiger partial charge >= 0.3 is 6.03 Å². The first-order valence-electron chi connectivity index (χ1n) is 8.88. The minimum Gasteiger partial charge on any atom is -0.454 e. The van der Waals surface area contributed by atoms with Gasteiger partial charge in [-0.2, -0.15) is 0 Å². The molecule has 0 aliphatic carbocycles. The third-order valence-corrected chi connectivity index (χ3v) is 4.25. The van der Waals surface area contributed by atoms with Crippen molar-refractivity contribution in [3.63, 3.8) is 0 Å². The largest absolute Gasteiger partial charge is 0.454 e. The molecule has 3 N–H and O–H groups in total. The average molecular weight is 369 g/mol. The number of urea groups is 1. The van der Waals surface area contributed by atoms with E-state index in [2.05, 4.69) is 16.0 Å². The Morgan fingerprint density at radius 2 is 1.81 bits per heavy atom. The third-order valence-electron chi connectivity index (χ3n) is 4.25. The first-order chi connectivity index (χ1) is 13.0. The van der Waals surface area contributed by atoms with Crippen LogP contribution in [0.4, 0.5) is 10.5 Å². The zero-order chi connectivity index (χ0) is 19.2. The second-order valence-corrected chi connectivity index (χ2v) is 6.26. The third kappa shape index (κ3) is 4.91. The molecule has 2 aromatic carbocycles. The van der Waals surface area contributed by atoms with Crippen molar-refractivity contribution < 1.29 is 19.1 Å². The molecule has 0 radical (unpaired) electrons. The van der Waals surface area contributed by atoms with E-state index in [0.717, 1.165) is 22.6 Å². The number of carbonyl (C=O) groups excluding carboxylic acids is 2. The zero-order valence-electron chi connectivity index (χ0n) is 15.4. The maximum Gasteiger partial charge on any atom is 0.315 e. The molecule has 27 heavy (non-hydrogen) atoms. The van der Waals surface area contributed by atoms with Crippen LogP contribution >= 0.6 is 0 Å². The van der Waals surface area contributed by atoms with E-state index in [-0.39, 0.29) is 24.8 Å². The number of ether oxygens (including phenoxy) is 2. The number of nitrogens with one attached hydrogen (secondary N) is 3. The maximum atomic E-state index is 12.1. The first kappa shape index (κ1) is 18.6. The monoisotopic (exact) mass is 369 g/mol. The van der Waals surface area contributed by atoms with Crippen LogP contribution in [0.3, 0.4) is 0 Å². The number of amides is 3. The summed E-state index contributed by atoms with van der Waals surface area (Å²) in [5, 5.41) is 8.53. The molecule has 7 heteroatoms. The molecule has 7 nitrogen and oxygen atoms in total. The van der Waals surface area contributed by atoms with E-state index >= 15 is 0 Å². The fourth-order valence-corrected chi connectivity index (χ4v) is 2.67. The summed E-state index contributed by atoms with van der Waals surface area (Å²) in [5.74, 6) is 1.38. The molecule has 1 aliphatic heterocycles. The van der Waals surface area contributed by atoms with Gasteiger partial charge in [-0.1, -0.05) is 25.1 Å². The molecule has 1 atom stereocenters. The minimum atomic E-state index is -0.261. The number of hydrogen-bond donors (Lipinski definition) is 3. The second-order valence-electron chi connectivity index (χ2n) is 6.26. The summed E-state index contributed by atoms with van der Waals surface area (Å²) in [6, 6.07) is 12.6. The summed E-state index contributed by atoms with van der Waals surface area (Å²) in [5.41, 5.74) is 2.62. The molecule has 0 unspecified atom stereocenters. The van der Waals surface area contributed by atoms with Gasteiger partial charge in [-0.05, 0) is 42.3 Å². The van der Waals surface area contributed by atoms with Crippen LogP contribution in [-0.2, 0) is 11.3 Å². The molecular weight excluding hydrogens is 346 g/mol. The zero-order valence-corrected chi connectivity index (χ0v) is 15.4. The van der Waals surface area contributed by atoms with Crippen molar-refractivity contribution in [1.29, 1.82) is 0 Å². The molecule has 0 bridgehead atoms. The molecule has 0 fully saturated rings. The number of rotatable bonds is 6. The van der Waals surface area contributed by atoms with Crippen molar-refractivity contribution in [1.82, 2.24) is 10.6 Å². The fraction of sp³-hybridized carbons (Fsp3) is 0.300. The number of carbonyl (C=O) groups is 2. The molecule has 1 heterocycles. The minimum absolute atomic E-state index is 0.0307. The number of benzene rings is 2. The van der Waals surface area contributed by atoms with Crippen LogP contribution in [-0.4, -0.2) is 18.7 Å². The van der Waals surface area contributed by atoms with Gasteiger partial charge in [0.1, 0.15) is 0 Å². The Kier molecular flexibility index (Phi) is 5.80. The van der Waals surface area contributed by atoms with E-state index in [1.165, 1.54) is 0 Å². The summed E-state index contributed by atoms with van der Waals surface area (Å²) >= 11 is 0. The van der Waals surface area contributed by atoms with Crippen molar-refractivity contribution in [2.75, 3.05) is 12.1 Å². The van der Waals surface area contributed by atoms with Crippen molar-refractivity contribution >= 4 is 17.6 Å². The van der Waals surface area contributed by atoms with Crippen LogP contribution in [0.5, 0.6) is 11.5 Å². The van der Waals surface area contributed by atoms with Crippen molar-refractivity contribution in [2.24, 2.45) is 0 Å². The number of anilines is 1. The lowest BCUT2D eigenvalue weighted by atomic mass is 10.1. The highest BCUT2D eigenvalue weighted by Gasteiger charge is 2.14. The highest BCUT2D eigenvalue weighted by molar-refractivity contribution is 5.90. The Balaban J connectivity index is 1.49. The standard InChI is InChI=1S/C20H23N3O4/c1-3-19(24)23-16-7-5-15(6-8-16)13(2)22-20(25)21-11-14-4-9-17-18(10-14)27-12-26-17/h4-10,13H,3,11-12H2,1-2H3,(H,23,24)(H2,21,22,25)/t13-/m0/s1. The van der Waals surface area contributed by atoms with Gasteiger partial charge < -0.3 is 25.4 Å². The predicted molar refractivity (Wildman–Crippen MR) is 102 cm³/mol.